The number of carbonyl (C=O) groups excluding carboxylic acids is 1. The van der Waals surface area contributed by atoms with E-state index in [1.165, 1.54) is 16.7 Å². The van der Waals surface area contributed by atoms with Crippen LogP contribution in [0, 0.1) is 0 Å². The van der Waals surface area contributed by atoms with Crippen LogP contribution in [0.3, 0.4) is 0 Å². The lowest BCUT2D eigenvalue weighted by Gasteiger charge is -2.20. The van der Waals surface area contributed by atoms with Gasteiger partial charge in [0.15, 0.2) is 0 Å². The van der Waals surface area contributed by atoms with Crippen LogP contribution >= 0.6 is 0 Å². The van der Waals surface area contributed by atoms with Crippen LogP contribution < -0.4 is 10.6 Å². The number of hydrogen-bond donors (Lipinski definition) is 2. The smallest absolute Gasteiger partial charge is 0.315 e. The van der Waals surface area contributed by atoms with Crippen molar-refractivity contribution in [2.75, 3.05) is 0 Å². The maximum Gasteiger partial charge on any atom is 0.315 e. The second-order valence-electron chi connectivity index (χ2n) is 6.42. The van der Waals surface area contributed by atoms with E-state index in [-0.39, 0.29) is 17.6 Å². The van der Waals surface area contributed by atoms with Crippen molar-refractivity contribution in [3.8, 4) is 0 Å². The fourth-order valence-corrected chi connectivity index (χ4v) is 3.47. The molecule has 2 aromatic carbocycles. The Kier molecular flexibility index (Phi) is 3.14. The van der Waals surface area contributed by atoms with Crippen molar-refractivity contribution in [1.29, 1.82) is 0 Å². The third kappa shape index (κ3) is 2.47. The Labute approximate surface area is 130 Å². The lowest BCUT2D eigenvalue weighted by Crippen LogP contribution is -2.46. The molecule has 1 fully saturated rings. The second kappa shape index (κ2) is 5.16. The summed E-state index contributed by atoms with van der Waals surface area (Å²) in [7, 11) is 0. The fraction of sp³-hybridized carbons (Fsp3) is 0.316. The third-order valence-corrected chi connectivity index (χ3v) is 4.82. The quantitative estimate of drug-likeness (QED) is 0.896. The van der Waals surface area contributed by atoms with E-state index in [2.05, 4.69) is 47.0 Å². The summed E-state index contributed by atoms with van der Waals surface area (Å²) < 4.78 is 0. The average Bonchev–Trinajstić information content (AvgIpc) is 3.19. The van der Waals surface area contributed by atoms with Gasteiger partial charge in [0.05, 0.1) is 5.54 Å². The number of fused-ring (bicyclic) bond motifs is 1. The molecule has 3 nitrogen and oxygen atoms in total. The summed E-state index contributed by atoms with van der Waals surface area (Å²) >= 11 is 0. The topological polar surface area (TPSA) is 41.1 Å². The van der Waals surface area contributed by atoms with Gasteiger partial charge in [-0.05, 0) is 42.4 Å². The van der Waals surface area contributed by atoms with Crippen LogP contribution in [0.2, 0.25) is 0 Å². The molecule has 22 heavy (non-hydrogen) atoms. The Hall–Kier alpha value is -2.29. The number of urea groups is 1. The van der Waals surface area contributed by atoms with Crippen LogP contribution in [0.15, 0.2) is 54.6 Å². The normalized spacial score (nSPS) is 18.5. The van der Waals surface area contributed by atoms with Gasteiger partial charge in [0, 0.05) is 6.04 Å². The largest absolute Gasteiger partial charge is 0.335 e. The summed E-state index contributed by atoms with van der Waals surface area (Å²) in [6.07, 6.45) is 3.91. The summed E-state index contributed by atoms with van der Waals surface area (Å²) in [5.74, 6) is 0. The molecule has 0 aliphatic heterocycles. The molecule has 2 N–H and O–H groups in total. The Morgan fingerprint density at radius 1 is 0.909 bits per heavy atom. The molecule has 2 aliphatic carbocycles. The van der Waals surface area contributed by atoms with Gasteiger partial charge >= 0.3 is 6.03 Å². The molecule has 2 aromatic rings. The highest BCUT2D eigenvalue weighted by molar-refractivity contribution is 5.76. The summed E-state index contributed by atoms with van der Waals surface area (Å²) in [5.41, 5.74) is 3.78. The highest BCUT2D eigenvalue weighted by Gasteiger charge is 2.45. The summed E-state index contributed by atoms with van der Waals surface area (Å²) in [4.78, 5) is 12.4. The van der Waals surface area contributed by atoms with Gasteiger partial charge in [-0.15, -0.1) is 0 Å². The minimum Gasteiger partial charge on any atom is -0.335 e. The molecule has 0 spiro atoms. The van der Waals surface area contributed by atoms with Gasteiger partial charge in [-0.2, -0.15) is 0 Å². The van der Waals surface area contributed by atoms with E-state index >= 15 is 0 Å². The van der Waals surface area contributed by atoms with Gasteiger partial charge in [0.1, 0.15) is 0 Å². The molecule has 4 rings (SSSR count). The molecule has 0 radical (unpaired) electrons. The van der Waals surface area contributed by atoms with Crippen molar-refractivity contribution in [2.45, 2.75) is 37.3 Å². The molecule has 0 atom stereocenters. The second-order valence-corrected chi connectivity index (χ2v) is 6.42. The Morgan fingerprint density at radius 2 is 1.50 bits per heavy atom. The standard InChI is InChI=1S/C19H20N2O/c22-18(20-17-12-14-6-4-5-7-15(14)13-17)21-19(10-11-19)16-8-2-1-3-9-16/h1-9,17H,10-13H2,(H2,20,21,22). The van der Waals surface area contributed by atoms with Gasteiger partial charge in [-0.1, -0.05) is 54.6 Å². The highest BCUT2D eigenvalue weighted by atomic mass is 16.2. The zero-order valence-corrected chi connectivity index (χ0v) is 12.5. The van der Waals surface area contributed by atoms with Crippen molar-refractivity contribution in [3.63, 3.8) is 0 Å². The first-order valence-electron chi connectivity index (χ1n) is 7.96. The first-order chi connectivity index (χ1) is 10.8. The minimum absolute atomic E-state index is 0.0424. The van der Waals surface area contributed by atoms with E-state index in [1.54, 1.807) is 0 Å². The predicted octanol–water partition coefficient (Wildman–Crippen LogP) is 3.14. The predicted molar refractivity (Wildman–Crippen MR) is 86.7 cm³/mol. The third-order valence-electron chi connectivity index (χ3n) is 4.82. The number of benzene rings is 2. The molecule has 112 valence electrons. The molecule has 0 aromatic heterocycles. The molecular formula is C19H20N2O. The van der Waals surface area contributed by atoms with E-state index < -0.39 is 0 Å². The molecule has 2 amide bonds. The molecule has 0 saturated heterocycles. The summed E-state index contributed by atoms with van der Waals surface area (Å²) in [6.45, 7) is 0. The first-order valence-corrected chi connectivity index (χ1v) is 7.96. The van der Waals surface area contributed by atoms with Gasteiger partial charge in [-0.25, -0.2) is 4.79 Å². The van der Waals surface area contributed by atoms with E-state index in [0.29, 0.717) is 0 Å². The van der Waals surface area contributed by atoms with Crippen molar-refractivity contribution in [2.24, 2.45) is 0 Å². The van der Waals surface area contributed by atoms with Crippen LogP contribution in [-0.2, 0) is 18.4 Å². The molecule has 0 unspecified atom stereocenters. The fourth-order valence-electron chi connectivity index (χ4n) is 3.47. The van der Waals surface area contributed by atoms with Crippen molar-refractivity contribution < 1.29 is 4.79 Å². The van der Waals surface area contributed by atoms with Crippen molar-refractivity contribution >= 4 is 6.03 Å². The monoisotopic (exact) mass is 292 g/mol. The lowest BCUT2D eigenvalue weighted by molar-refractivity contribution is 0.232. The summed E-state index contributed by atoms with van der Waals surface area (Å²) in [6, 6.07) is 18.9. The van der Waals surface area contributed by atoms with Crippen LogP contribution in [0.1, 0.15) is 29.5 Å². The minimum atomic E-state index is -0.142. The van der Waals surface area contributed by atoms with E-state index in [9.17, 15) is 4.79 Å². The van der Waals surface area contributed by atoms with Crippen molar-refractivity contribution in [1.82, 2.24) is 10.6 Å². The van der Waals surface area contributed by atoms with E-state index in [4.69, 9.17) is 0 Å². The summed E-state index contributed by atoms with van der Waals surface area (Å²) in [5, 5.41) is 6.33. The number of rotatable bonds is 3. The highest BCUT2D eigenvalue weighted by Crippen LogP contribution is 2.45. The van der Waals surface area contributed by atoms with Gasteiger partial charge in [0.25, 0.3) is 0 Å². The Morgan fingerprint density at radius 3 is 2.09 bits per heavy atom. The Balaban J connectivity index is 1.38. The van der Waals surface area contributed by atoms with Crippen LogP contribution in [0.25, 0.3) is 0 Å². The molecular weight excluding hydrogens is 272 g/mol. The molecule has 0 bridgehead atoms. The van der Waals surface area contributed by atoms with Gasteiger partial charge in [-0.3, -0.25) is 0 Å². The first kappa shape index (κ1) is 13.4. The van der Waals surface area contributed by atoms with Crippen LogP contribution in [0.4, 0.5) is 4.79 Å². The zero-order chi connectivity index (χ0) is 15.0. The van der Waals surface area contributed by atoms with E-state index in [0.717, 1.165) is 25.7 Å². The maximum absolute atomic E-state index is 12.4. The van der Waals surface area contributed by atoms with Crippen LogP contribution in [0.5, 0.6) is 0 Å². The maximum atomic E-state index is 12.4. The Bertz CT molecular complexity index is 667. The van der Waals surface area contributed by atoms with Gasteiger partial charge < -0.3 is 10.6 Å². The number of amides is 2. The lowest BCUT2D eigenvalue weighted by atomic mass is 10.1. The zero-order valence-electron chi connectivity index (χ0n) is 12.5. The van der Waals surface area contributed by atoms with Gasteiger partial charge in [0.2, 0.25) is 0 Å². The number of nitrogens with one attached hydrogen (secondary N) is 2. The molecule has 1 saturated carbocycles. The SMILES string of the molecule is O=C(NC1Cc2ccccc2C1)NC1(c2ccccc2)CC1. The van der Waals surface area contributed by atoms with E-state index in [1.807, 2.05) is 18.2 Å². The molecule has 2 aliphatic rings. The van der Waals surface area contributed by atoms with Crippen LogP contribution in [-0.4, -0.2) is 12.1 Å². The van der Waals surface area contributed by atoms with Crippen molar-refractivity contribution in [3.05, 3.63) is 71.3 Å². The number of carbonyl (C=O) groups is 1. The molecule has 0 heterocycles. The number of hydrogen-bond acceptors (Lipinski definition) is 1. The molecule has 3 heteroatoms. The average molecular weight is 292 g/mol.